The Hall–Kier alpha value is -7.00. The van der Waals surface area contributed by atoms with Gasteiger partial charge in [0.15, 0.2) is 0 Å². The lowest BCUT2D eigenvalue weighted by Crippen LogP contribution is -2.66. The normalized spacial score (nSPS) is 21.8. The van der Waals surface area contributed by atoms with Gasteiger partial charge in [-0.3, -0.25) is 24.5 Å². The fourth-order valence-electron chi connectivity index (χ4n) is 15.5. The van der Waals surface area contributed by atoms with Crippen LogP contribution in [0.15, 0.2) is 91.0 Å². The van der Waals surface area contributed by atoms with Crippen molar-refractivity contribution in [3.05, 3.63) is 141 Å². The lowest BCUT2D eigenvalue weighted by atomic mass is 9.87. The summed E-state index contributed by atoms with van der Waals surface area (Å²) in [5, 5.41) is 52.9. The Balaban J connectivity index is 0.000000161. The van der Waals surface area contributed by atoms with Crippen molar-refractivity contribution in [2.24, 2.45) is 0 Å². The summed E-state index contributed by atoms with van der Waals surface area (Å²) in [5.41, 5.74) is 0.770. The molecule has 2 aliphatic carbocycles. The molecule has 5 atom stereocenters. The predicted octanol–water partition coefficient (Wildman–Crippen LogP) is 20.7. The van der Waals surface area contributed by atoms with Crippen molar-refractivity contribution in [2.45, 2.75) is 245 Å². The Morgan fingerprint density at radius 1 is 0.433 bits per heavy atom. The number of ether oxygens (including phenoxy) is 1. The summed E-state index contributed by atoms with van der Waals surface area (Å²) in [6.07, 6.45) is 3.43. The SMILES string of the molecule is CC(C)(C)[Si](OCc1ncc(C(C#N)N2CCC(F)(F)CC2)s1)(c1ccccc1)c1ccccc1.CC(C)(C)c1ncc(C(C#N)N2CCC(F)(F)CC2)s1.N#CC(c1cnc(C2CCC(F)(F)CC2)s1)N1CCC(F)(F)CC1.N#CC(c1cnc(C2CCC(F)(F)CC2)s1)N1CCOCC1.N#CC(c1scnc1C(F)F)N1CCC(F)(F)CC1. The van der Waals surface area contributed by atoms with Crippen LogP contribution in [0.4, 0.5) is 61.5 Å². The second kappa shape index (κ2) is 41.2. The van der Waals surface area contributed by atoms with Crippen molar-refractivity contribution < 1.29 is 70.6 Å². The molecule has 14 rings (SSSR count). The number of halogens is 14. The number of rotatable bonds is 18. The maximum atomic E-state index is 13.6. The van der Waals surface area contributed by atoms with Crippen LogP contribution in [0.25, 0.3) is 0 Å². The first-order valence-corrected chi connectivity index (χ1v) is 46.1. The highest BCUT2D eigenvalue weighted by molar-refractivity contribution is 7.13. The fourth-order valence-corrected chi connectivity index (χ4v) is 25.3. The van der Waals surface area contributed by atoms with E-state index in [9.17, 15) is 82.5 Å². The molecule has 5 aromatic heterocycles. The molecule has 5 saturated heterocycles. The van der Waals surface area contributed by atoms with E-state index in [1.54, 1.807) is 29.7 Å². The number of hydrogen-bond acceptors (Lipinski definition) is 22. The first kappa shape index (κ1) is 95.2. The number of nitrogens with zero attached hydrogens (tertiary/aromatic N) is 15. The average molecular weight is 1790 g/mol. The van der Waals surface area contributed by atoms with E-state index in [0.717, 1.165) is 64.0 Å². The second-order valence-electron chi connectivity index (χ2n) is 33.2. The zero-order valence-corrected chi connectivity index (χ0v) is 72.7. The van der Waals surface area contributed by atoms with Crippen molar-refractivity contribution in [1.82, 2.24) is 49.4 Å². The summed E-state index contributed by atoms with van der Waals surface area (Å²) in [4.78, 5) is 33.7. The molecule has 120 heavy (non-hydrogen) atoms. The van der Waals surface area contributed by atoms with E-state index in [2.05, 4.69) is 144 Å². The Morgan fingerprint density at radius 2 is 0.758 bits per heavy atom. The van der Waals surface area contributed by atoms with Gasteiger partial charge in [0, 0.05) is 185 Å². The molecule has 5 unspecified atom stereocenters. The highest BCUT2D eigenvalue weighted by atomic mass is 32.1. The molecule has 2 aromatic carbocycles. The van der Waals surface area contributed by atoms with E-state index in [0.29, 0.717) is 45.5 Å². The van der Waals surface area contributed by atoms with Gasteiger partial charge in [-0.1, -0.05) is 102 Å². The van der Waals surface area contributed by atoms with E-state index < -0.39 is 80.1 Å². The largest absolute Gasteiger partial charge is 0.401 e. The van der Waals surface area contributed by atoms with E-state index in [4.69, 9.17) is 14.4 Å². The molecule has 0 amide bonds. The van der Waals surface area contributed by atoms with Crippen LogP contribution in [0.3, 0.4) is 0 Å². The molecule has 0 bridgehead atoms. The molecule has 0 N–H and O–H groups in total. The van der Waals surface area contributed by atoms with Crippen molar-refractivity contribution in [3.8, 4) is 30.3 Å². The third-order valence-electron chi connectivity index (χ3n) is 22.5. The van der Waals surface area contributed by atoms with E-state index in [1.165, 1.54) is 66.1 Å². The third kappa shape index (κ3) is 25.4. The van der Waals surface area contributed by atoms with E-state index >= 15 is 0 Å². The average Bonchev–Trinajstić information content (AvgIpc) is 0.834. The fraction of sp³-hybridized carbons (Fsp3) is 0.614. The smallest absolute Gasteiger partial charge is 0.281 e. The van der Waals surface area contributed by atoms with Gasteiger partial charge in [-0.25, -0.2) is 86.4 Å². The van der Waals surface area contributed by atoms with Crippen LogP contribution in [0.5, 0.6) is 0 Å². The van der Waals surface area contributed by atoms with Gasteiger partial charge in [0.2, 0.25) is 11.8 Å². The van der Waals surface area contributed by atoms with Crippen molar-refractivity contribution >= 4 is 75.4 Å². The molecular weight excluding hydrogens is 1690 g/mol. The second-order valence-corrected chi connectivity index (χ2v) is 42.8. The van der Waals surface area contributed by atoms with E-state index in [-0.39, 0.29) is 163 Å². The zero-order valence-electron chi connectivity index (χ0n) is 67.6. The first-order valence-electron chi connectivity index (χ1n) is 40.0. The lowest BCUT2D eigenvalue weighted by molar-refractivity contribution is -0.0599. The molecule has 650 valence electrons. The maximum Gasteiger partial charge on any atom is 0.281 e. The molecule has 7 aliphatic rings. The molecule has 7 fully saturated rings. The number of piperidine rings is 4. The molecule has 17 nitrogen and oxygen atoms in total. The summed E-state index contributed by atoms with van der Waals surface area (Å²) in [6.45, 7) is 17.3. The van der Waals surface area contributed by atoms with Crippen molar-refractivity contribution in [2.75, 3.05) is 78.7 Å². The summed E-state index contributed by atoms with van der Waals surface area (Å²) in [6, 6.07) is 29.0. The number of thiazole rings is 5. The molecule has 10 heterocycles. The van der Waals surface area contributed by atoms with Gasteiger partial charge < -0.3 is 9.16 Å². The minimum Gasteiger partial charge on any atom is -0.401 e. The van der Waals surface area contributed by atoms with Crippen molar-refractivity contribution in [3.63, 3.8) is 0 Å². The minimum absolute atomic E-state index is 0.00778. The zero-order chi connectivity index (χ0) is 87.1. The topological polar surface area (TPSA) is 218 Å². The molecule has 5 aliphatic heterocycles. The number of likely N-dealkylation sites (tertiary alicyclic amines) is 4. The number of nitriles is 5. The molecule has 0 spiro atoms. The Bertz CT molecular complexity index is 4540. The van der Waals surface area contributed by atoms with Gasteiger partial charge in [0.1, 0.15) is 40.9 Å². The quantitative estimate of drug-likeness (QED) is 0.0576. The summed E-state index contributed by atoms with van der Waals surface area (Å²) >= 11 is 6.76. The summed E-state index contributed by atoms with van der Waals surface area (Å²) in [5.74, 6) is -15.6. The van der Waals surface area contributed by atoms with Crippen molar-refractivity contribution in [1.29, 1.82) is 26.3 Å². The minimum atomic E-state index is -2.76. The Morgan fingerprint density at radius 3 is 1.10 bits per heavy atom. The number of aromatic nitrogens is 5. The monoisotopic (exact) mass is 1790 g/mol. The highest BCUT2D eigenvalue weighted by Gasteiger charge is 2.51. The van der Waals surface area contributed by atoms with Gasteiger partial charge in [-0.15, -0.1) is 56.7 Å². The standard InChI is InChI=1S/C27H31F2N3OSSi.C16H19F4N3S.C15H19F2N3OS.C14H19F2N3S.C11H11F4N3S/c1-26(2,3)35(21-10-6-4-7-11-21,22-12-8-5-9-13-22)33-20-25-31-19-24(34-25)23(18-30)32-16-14-27(28,29)15-17-32;17-15(18)3-1-11(2-4-15)14-22-10-13(24-14)12(9-21)23-7-5-16(19,20)6-8-23;16-15(17)3-1-11(2-4-15)14-19-10-13(22-14)12(9-18)20-5-7-21-8-6-20;1-13(2,3)12-18-9-11(20-12)10(8-17)19-6-4-14(15,16)5-7-19;12-10(13)8-9(19-6-17-8)7(5-16)18-3-1-11(14,15)2-4-18/h4-13,19,23H,14-17,20H2,1-3H3;10-12H,1-8H2;10-12H,1-8H2;9-10H,4-7H2,1-3H3;6-7,10H,1-4H2. The van der Waals surface area contributed by atoms with Crippen LogP contribution in [-0.4, -0.2) is 172 Å². The highest BCUT2D eigenvalue weighted by Crippen LogP contribution is 2.47. The maximum absolute atomic E-state index is 13.6. The Labute approximate surface area is 712 Å². The lowest BCUT2D eigenvalue weighted by Gasteiger charge is -2.42. The van der Waals surface area contributed by atoms with Crippen LogP contribution in [0.2, 0.25) is 5.04 Å². The number of morpholine rings is 1. The van der Waals surface area contributed by atoms with Gasteiger partial charge in [0.25, 0.3) is 38.4 Å². The van der Waals surface area contributed by atoms with Gasteiger partial charge in [-0.05, 0) is 41.1 Å². The van der Waals surface area contributed by atoms with E-state index in [1.807, 2.05) is 28.0 Å². The number of alkyl halides is 14. The summed E-state index contributed by atoms with van der Waals surface area (Å²) in [7, 11) is -2.70. The third-order valence-corrected chi connectivity index (χ3v) is 33.3. The number of benzene rings is 2. The van der Waals surface area contributed by atoms with Crippen LogP contribution < -0.4 is 10.4 Å². The van der Waals surface area contributed by atoms with Crippen LogP contribution in [0.1, 0.15) is 243 Å². The predicted molar refractivity (Wildman–Crippen MR) is 436 cm³/mol. The number of hydrogen-bond donors (Lipinski definition) is 0. The van der Waals surface area contributed by atoms with Gasteiger partial charge in [-0.2, -0.15) is 26.3 Å². The molecule has 0 radical (unpaired) electrons. The molecular formula is C83H99F14N15O2S5Si. The molecule has 7 aromatic rings. The van der Waals surface area contributed by atoms with Crippen LogP contribution in [0, 0.1) is 56.7 Å². The van der Waals surface area contributed by atoms with Gasteiger partial charge in [0.05, 0.1) is 95.1 Å². The Kier molecular flexibility index (Phi) is 32.7. The van der Waals surface area contributed by atoms with Crippen LogP contribution in [-0.2, 0) is 21.2 Å². The molecule has 2 saturated carbocycles. The first-order chi connectivity index (χ1) is 56.7. The molecule has 37 heteroatoms. The van der Waals surface area contributed by atoms with Gasteiger partial charge >= 0.3 is 0 Å². The summed E-state index contributed by atoms with van der Waals surface area (Å²) < 4.78 is 197. The van der Waals surface area contributed by atoms with Crippen LogP contribution >= 0.6 is 56.7 Å².